The molecular weight excluding hydrogens is 288 g/mol. The first-order valence-corrected chi connectivity index (χ1v) is 7.61. The molecule has 1 unspecified atom stereocenters. The topological polar surface area (TPSA) is 55.1 Å². The lowest BCUT2D eigenvalue weighted by Gasteiger charge is -2.10. The van der Waals surface area contributed by atoms with Gasteiger partial charge in [-0.2, -0.15) is 0 Å². The molecule has 1 aromatic carbocycles. The molecule has 1 amide bonds. The van der Waals surface area contributed by atoms with Crippen molar-refractivity contribution in [2.75, 3.05) is 5.32 Å². The van der Waals surface area contributed by atoms with Crippen molar-refractivity contribution in [2.24, 2.45) is 0 Å². The van der Waals surface area contributed by atoms with E-state index < -0.39 is 5.38 Å². The Labute approximate surface area is 128 Å². The normalized spacial score (nSPS) is 15.3. The Hall–Kier alpha value is -1.81. The fourth-order valence-corrected chi connectivity index (χ4v) is 2.62. The van der Waals surface area contributed by atoms with Gasteiger partial charge < -0.3 is 9.84 Å². The number of aromatic nitrogens is 1. The van der Waals surface area contributed by atoms with Gasteiger partial charge in [0.2, 0.25) is 5.91 Å². The van der Waals surface area contributed by atoms with Gasteiger partial charge in [-0.1, -0.05) is 5.16 Å². The molecule has 0 spiro atoms. The highest BCUT2D eigenvalue weighted by molar-refractivity contribution is 6.32. The van der Waals surface area contributed by atoms with Crippen LogP contribution >= 0.6 is 11.6 Å². The highest BCUT2D eigenvalue weighted by atomic mass is 35.5. The first-order chi connectivity index (χ1) is 10.1. The summed E-state index contributed by atoms with van der Waals surface area (Å²) in [5.74, 6) is 0.648. The summed E-state index contributed by atoms with van der Waals surface area (Å²) in [6, 6.07) is 7.57. The first kappa shape index (κ1) is 14.1. The molecule has 1 N–H and O–H groups in total. The van der Waals surface area contributed by atoms with Crippen LogP contribution in [0.15, 0.2) is 28.8 Å². The van der Waals surface area contributed by atoms with E-state index in [1.54, 1.807) is 6.92 Å². The predicted octanol–water partition coefficient (Wildman–Crippen LogP) is 3.79. The molecule has 110 valence electrons. The number of rotatable bonds is 3. The van der Waals surface area contributed by atoms with E-state index in [2.05, 4.69) is 10.5 Å². The average Bonchev–Trinajstić information content (AvgIpc) is 2.92. The third kappa shape index (κ3) is 2.95. The smallest absolute Gasteiger partial charge is 0.242 e. The second kappa shape index (κ2) is 5.90. The van der Waals surface area contributed by atoms with Crippen LogP contribution in [-0.4, -0.2) is 16.4 Å². The maximum absolute atomic E-state index is 11.5. The fraction of sp³-hybridized carbons (Fsp3) is 0.375. The minimum Gasteiger partial charge on any atom is -0.356 e. The maximum atomic E-state index is 11.5. The molecule has 0 radical (unpaired) electrons. The van der Waals surface area contributed by atoms with Gasteiger partial charge in [0.05, 0.1) is 5.69 Å². The number of nitrogens with zero attached hydrogens (tertiary/aromatic N) is 1. The lowest BCUT2D eigenvalue weighted by molar-refractivity contribution is -0.115. The zero-order valence-corrected chi connectivity index (χ0v) is 12.6. The summed E-state index contributed by atoms with van der Waals surface area (Å²) in [4.78, 5) is 11.5. The van der Waals surface area contributed by atoms with E-state index in [-0.39, 0.29) is 5.91 Å². The summed E-state index contributed by atoms with van der Waals surface area (Å²) >= 11 is 5.73. The van der Waals surface area contributed by atoms with Gasteiger partial charge in [0.15, 0.2) is 5.76 Å². The van der Waals surface area contributed by atoms with Crippen molar-refractivity contribution in [1.82, 2.24) is 5.16 Å². The van der Waals surface area contributed by atoms with Crippen LogP contribution in [0.3, 0.4) is 0 Å². The zero-order chi connectivity index (χ0) is 14.8. The Bertz CT molecular complexity index is 647. The monoisotopic (exact) mass is 304 g/mol. The molecular formula is C16H17ClN2O2. The number of carbonyl (C=O) groups excluding carboxylic acids is 1. The molecule has 0 aliphatic heterocycles. The Morgan fingerprint density at radius 1 is 1.29 bits per heavy atom. The largest absolute Gasteiger partial charge is 0.356 e. The number of fused-ring (bicyclic) bond motifs is 1. The molecule has 3 rings (SSSR count). The number of aryl methyl sites for hydroxylation is 1. The van der Waals surface area contributed by atoms with Gasteiger partial charge in [0.1, 0.15) is 5.38 Å². The van der Waals surface area contributed by atoms with Crippen molar-refractivity contribution in [3.8, 4) is 11.3 Å². The zero-order valence-electron chi connectivity index (χ0n) is 11.9. The lowest BCUT2D eigenvalue weighted by Crippen LogP contribution is -2.20. The van der Waals surface area contributed by atoms with Gasteiger partial charge in [-0.25, -0.2) is 0 Å². The number of carbonyl (C=O) groups is 1. The third-order valence-electron chi connectivity index (χ3n) is 3.74. The summed E-state index contributed by atoms with van der Waals surface area (Å²) in [5, 5.41) is 6.37. The number of anilines is 1. The van der Waals surface area contributed by atoms with Crippen LogP contribution < -0.4 is 5.32 Å². The summed E-state index contributed by atoms with van der Waals surface area (Å²) in [6.45, 7) is 1.64. The second-order valence-electron chi connectivity index (χ2n) is 5.33. The number of hydrogen-bond acceptors (Lipinski definition) is 3. The molecule has 2 aromatic rings. The van der Waals surface area contributed by atoms with E-state index in [1.807, 2.05) is 24.3 Å². The number of amides is 1. The molecule has 0 fully saturated rings. The van der Waals surface area contributed by atoms with Crippen molar-refractivity contribution in [3.05, 3.63) is 35.5 Å². The molecule has 1 heterocycles. The maximum Gasteiger partial charge on any atom is 0.242 e. The van der Waals surface area contributed by atoms with Crippen LogP contribution in [-0.2, 0) is 17.6 Å². The highest BCUT2D eigenvalue weighted by Gasteiger charge is 2.20. The van der Waals surface area contributed by atoms with Gasteiger partial charge in [0, 0.05) is 16.8 Å². The number of benzene rings is 1. The van der Waals surface area contributed by atoms with Crippen LogP contribution in [0.5, 0.6) is 0 Å². The van der Waals surface area contributed by atoms with E-state index >= 15 is 0 Å². The number of hydrogen-bond donors (Lipinski definition) is 1. The van der Waals surface area contributed by atoms with E-state index in [0.29, 0.717) is 0 Å². The average molecular weight is 305 g/mol. The van der Waals surface area contributed by atoms with Gasteiger partial charge in [0.25, 0.3) is 0 Å². The molecule has 1 aromatic heterocycles. The lowest BCUT2D eigenvalue weighted by atomic mass is 9.94. The minimum atomic E-state index is -0.550. The van der Waals surface area contributed by atoms with Crippen LogP contribution in [0.4, 0.5) is 5.69 Å². The molecule has 1 atom stereocenters. The van der Waals surface area contributed by atoms with Gasteiger partial charge in [-0.15, -0.1) is 11.6 Å². The van der Waals surface area contributed by atoms with Crippen molar-refractivity contribution in [2.45, 2.75) is 38.0 Å². The summed E-state index contributed by atoms with van der Waals surface area (Å²) in [5.41, 5.74) is 4.03. The van der Waals surface area contributed by atoms with E-state index in [0.717, 1.165) is 35.5 Å². The van der Waals surface area contributed by atoms with Crippen molar-refractivity contribution >= 4 is 23.2 Å². The molecule has 0 saturated carbocycles. The molecule has 21 heavy (non-hydrogen) atoms. The summed E-state index contributed by atoms with van der Waals surface area (Å²) in [6.07, 6.45) is 4.39. The summed E-state index contributed by atoms with van der Waals surface area (Å²) in [7, 11) is 0. The Morgan fingerprint density at radius 3 is 2.71 bits per heavy atom. The summed E-state index contributed by atoms with van der Waals surface area (Å²) < 4.78 is 5.50. The quantitative estimate of drug-likeness (QED) is 0.878. The Morgan fingerprint density at radius 2 is 2.00 bits per heavy atom. The molecule has 1 aliphatic carbocycles. The molecule has 4 nitrogen and oxygen atoms in total. The van der Waals surface area contributed by atoms with Gasteiger partial charge >= 0.3 is 0 Å². The van der Waals surface area contributed by atoms with E-state index in [1.165, 1.54) is 18.4 Å². The minimum absolute atomic E-state index is 0.207. The van der Waals surface area contributed by atoms with Crippen LogP contribution in [0.2, 0.25) is 0 Å². The number of halogens is 1. The highest BCUT2D eigenvalue weighted by Crippen LogP contribution is 2.32. The number of nitrogens with one attached hydrogen (secondary N) is 1. The molecule has 5 heteroatoms. The van der Waals surface area contributed by atoms with Crippen molar-refractivity contribution in [1.29, 1.82) is 0 Å². The third-order valence-corrected chi connectivity index (χ3v) is 3.93. The fourth-order valence-electron chi connectivity index (χ4n) is 2.56. The standard InChI is InChI=1S/C16H17ClN2O2/c1-10(17)16(20)18-12-8-6-11(7-9-12)15-13-4-2-3-5-14(13)19-21-15/h6-10H,2-5H2,1H3,(H,18,20). The Kier molecular flexibility index (Phi) is 3.97. The van der Waals surface area contributed by atoms with Crippen LogP contribution in [0.1, 0.15) is 31.0 Å². The second-order valence-corrected chi connectivity index (χ2v) is 5.98. The van der Waals surface area contributed by atoms with E-state index in [9.17, 15) is 4.79 Å². The SMILES string of the molecule is CC(Cl)C(=O)Nc1ccc(-c2onc3c2CCCC3)cc1. The number of alkyl halides is 1. The van der Waals surface area contributed by atoms with Crippen molar-refractivity contribution < 1.29 is 9.32 Å². The van der Waals surface area contributed by atoms with Gasteiger partial charge in [-0.3, -0.25) is 4.79 Å². The van der Waals surface area contributed by atoms with Gasteiger partial charge in [-0.05, 0) is 56.9 Å². The molecule has 0 saturated heterocycles. The first-order valence-electron chi connectivity index (χ1n) is 7.18. The predicted molar refractivity (Wildman–Crippen MR) is 82.5 cm³/mol. The van der Waals surface area contributed by atoms with E-state index in [4.69, 9.17) is 16.1 Å². The van der Waals surface area contributed by atoms with Crippen LogP contribution in [0.25, 0.3) is 11.3 Å². The molecule has 0 bridgehead atoms. The van der Waals surface area contributed by atoms with Crippen molar-refractivity contribution in [3.63, 3.8) is 0 Å². The van der Waals surface area contributed by atoms with Crippen LogP contribution in [0, 0.1) is 0 Å². The molecule has 1 aliphatic rings. The Balaban J connectivity index is 1.81.